The Bertz CT molecular complexity index is 4150. The molecular formula is C68H43N11. The zero-order valence-corrected chi connectivity index (χ0v) is 42.2. The van der Waals surface area contributed by atoms with E-state index in [1.165, 1.54) is 0 Å². The van der Waals surface area contributed by atoms with E-state index in [9.17, 15) is 0 Å². The molecule has 0 bridgehead atoms. The quantitative estimate of drug-likeness (QED) is 0.123. The maximum Gasteiger partial charge on any atom is 0.166 e. The summed E-state index contributed by atoms with van der Waals surface area (Å²) in [5.41, 5.74) is 12.4. The topological polar surface area (TPSA) is 134 Å². The number of fused-ring (bicyclic) bond motifs is 3. The van der Waals surface area contributed by atoms with Gasteiger partial charge in [-0.05, 0) is 71.8 Å². The zero-order chi connectivity index (χ0) is 52.5. The molecule has 0 atom stereocenters. The van der Waals surface area contributed by atoms with Crippen LogP contribution in [0, 0.1) is 0 Å². The molecule has 0 N–H and O–H groups in total. The summed E-state index contributed by atoms with van der Waals surface area (Å²) in [7, 11) is 0. The average Bonchev–Trinajstić information content (AvgIpc) is 4.02. The highest BCUT2D eigenvalue weighted by atomic mass is 15.1. The number of hydrogen-bond acceptors (Lipinski definition) is 10. The summed E-state index contributed by atoms with van der Waals surface area (Å²) in [4.78, 5) is 50.8. The molecular weight excluding hydrogens is 971 g/mol. The van der Waals surface area contributed by atoms with E-state index in [0.29, 0.717) is 52.4 Å². The van der Waals surface area contributed by atoms with Crippen LogP contribution in [0.15, 0.2) is 261 Å². The molecule has 11 heteroatoms. The van der Waals surface area contributed by atoms with Crippen molar-refractivity contribution >= 4 is 21.8 Å². The fraction of sp³-hybridized carbons (Fsp3) is 0. The Morgan fingerprint density at radius 1 is 0.215 bits per heavy atom. The van der Waals surface area contributed by atoms with E-state index in [1.54, 1.807) is 0 Å². The van der Waals surface area contributed by atoms with Gasteiger partial charge in [-0.25, -0.2) is 44.9 Å². The van der Waals surface area contributed by atoms with E-state index < -0.39 is 0 Å². The smallest absolute Gasteiger partial charge is 0.166 e. The van der Waals surface area contributed by atoms with Crippen LogP contribution in [0.4, 0.5) is 0 Å². The third kappa shape index (κ3) is 9.13. The first-order valence-corrected chi connectivity index (χ1v) is 25.9. The number of aromatic nitrogens is 11. The third-order valence-corrected chi connectivity index (χ3v) is 13.9. The van der Waals surface area contributed by atoms with Crippen molar-refractivity contribution in [3.63, 3.8) is 0 Å². The Kier molecular flexibility index (Phi) is 11.9. The van der Waals surface area contributed by atoms with Gasteiger partial charge in [0.25, 0.3) is 0 Å². The second kappa shape index (κ2) is 20.2. The van der Waals surface area contributed by atoms with Gasteiger partial charge in [-0.2, -0.15) is 0 Å². The summed E-state index contributed by atoms with van der Waals surface area (Å²) in [5, 5.41) is 1.90. The van der Waals surface area contributed by atoms with Crippen molar-refractivity contribution in [1.29, 1.82) is 0 Å². The SMILES string of the molecule is c1ccc(-c2nc(-c3ccccc3)nc(-c3ccc4c(c3)c3cc(-c5nc(-c6ccccc6)nc(-c6ccccc6)n5)ccc3n4-c3ccc(-c4ccncc4)cc3-c3nc(-c4ccccc4)nc(-c4ccccc4)n3)n2)cc1. The largest absolute Gasteiger partial charge is 0.308 e. The van der Waals surface area contributed by atoms with Gasteiger partial charge in [-0.3, -0.25) is 4.98 Å². The molecule has 0 aliphatic heterocycles. The molecule has 0 amide bonds. The Balaban J connectivity index is 1.04. The first-order chi connectivity index (χ1) is 39.1. The van der Waals surface area contributed by atoms with Gasteiger partial charge >= 0.3 is 0 Å². The highest BCUT2D eigenvalue weighted by molar-refractivity contribution is 6.12. The molecule has 0 spiro atoms. The zero-order valence-electron chi connectivity index (χ0n) is 42.2. The van der Waals surface area contributed by atoms with Crippen molar-refractivity contribution in [3.8, 4) is 119 Å². The highest BCUT2D eigenvalue weighted by Crippen LogP contribution is 2.41. The average molecular weight is 1010 g/mol. The molecule has 0 aliphatic carbocycles. The minimum Gasteiger partial charge on any atom is -0.308 e. The van der Waals surface area contributed by atoms with Crippen LogP contribution in [0.2, 0.25) is 0 Å². The number of hydrogen-bond donors (Lipinski definition) is 0. The molecule has 5 heterocycles. The second-order valence-electron chi connectivity index (χ2n) is 18.9. The summed E-state index contributed by atoms with van der Waals surface area (Å²) in [6.45, 7) is 0. The lowest BCUT2D eigenvalue weighted by molar-refractivity contribution is 1.06. The summed E-state index contributed by atoms with van der Waals surface area (Å²) < 4.78 is 2.30. The van der Waals surface area contributed by atoms with E-state index in [1.807, 2.05) is 207 Å². The molecule has 0 radical (unpaired) electrons. The fourth-order valence-electron chi connectivity index (χ4n) is 10.00. The van der Waals surface area contributed by atoms with Crippen molar-refractivity contribution in [2.45, 2.75) is 0 Å². The van der Waals surface area contributed by atoms with Crippen LogP contribution in [0.3, 0.4) is 0 Å². The van der Waals surface area contributed by atoms with Crippen LogP contribution in [-0.4, -0.2) is 54.4 Å². The maximum absolute atomic E-state index is 5.31. The third-order valence-electron chi connectivity index (χ3n) is 13.9. The molecule has 370 valence electrons. The Morgan fingerprint density at radius 2 is 0.506 bits per heavy atom. The first-order valence-electron chi connectivity index (χ1n) is 25.9. The van der Waals surface area contributed by atoms with Gasteiger partial charge in [0, 0.05) is 73.2 Å². The number of rotatable bonds is 11. The van der Waals surface area contributed by atoms with E-state index >= 15 is 0 Å². The molecule has 0 fully saturated rings. The fourth-order valence-corrected chi connectivity index (χ4v) is 10.00. The van der Waals surface area contributed by atoms with Crippen LogP contribution in [0.25, 0.3) is 141 Å². The number of nitrogens with zero attached hydrogens (tertiary/aromatic N) is 11. The molecule has 0 saturated carbocycles. The molecule has 14 rings (SSSR count). The lowest BCUT2D eigenvalue weighted by Crippen LogP contribution is -2.04. The molecule has 79 heavy (non-hydrogen) atoms. The van der Waals surface area contributed by atoms with E-state index in [-0.39, 0.29) is 0 Å². The Hall–Kier alpha value is -11.0. The number of pyridine rings is 1. The van der Waals surface area contributed by atoms with Crippen molar-refractivity contribution in [3.05, 3.63) is 261 Å². The molecule has 9 aromatic carbocycles. The van der Waals surface area contributed by atoms with Crippen LogP contribution >= 0.6 is 0 Å². The predicted molar refractivity (Wildman–Crippen MR) is 313 cm³/mol. The molecule has 11 nitrogen and oxygen atoms in total. The van der Waals surface area contributed by atoms with Crippen LogP contribution in [-0.2, 0) is 0 Å². The summed E-state index contributed by atoms with van der Waals surface area (Å²) in [6, 6.07) is 83.6. The Morgan fingerprint density at radius 3 is 0.835 bits per heavy atom. The van der Waals surface area contributed by atoms with Crippen LogP contribution in [0.5, 0.6) is 0 Å². The van der Waals surface area contributed by atoms with Crippen molar-refractivity contribution in [2.24, 2.45) is 0 Å². The minimum absolute atomic E-state index is 0.515. The van der Waals surface area contributed by atoms with Gasteiger partial charge < -0.3 is 4.57 Å². The molecule has 14 aromatic rings. The normalized spacial score (nSPS) is 11.3. The lowest BCUT2D eigenvalue weighted by Gasteiger charge is -2.16. The van der Waals surface area contributed by atoms with Gasteiger partial charge in [0.15, 0.2) is 52.4 Å². The molecule has 0 unspecified atom stereocenters. The van der Waals surface area contributed by atoms with Gasteiger partial charge in [0.2, 0.25) is 0 Å². The monoisotopic (exact) mass is 1010 g/mol. The van der Waals surface area contributed by atoms with Crippen LogP contribution in [0.1, 0.15) is 0 Å². The second-order valence-corrected chi connectivity index (χ2v) is 18.9. The summed E-state index contributed by atoms with van der Waals surface area (Å²) in [5.74, 6) is 5.03. The standard InChI is InChI=1S/C68H43N11/c1-7-19-45(20-8-1)60-70-61(46-21-9-2-10-22-46)74-66(73-60)52-32-35-57-54(42-52)55-43-53(67-75-62(47-23-11-3-12-24-47)71-63(76-67)48-25-13-4-14-26-48)33-36-58(55)79(57)59-34-31-51(44-37-39-69-40-38-44)41-56(59)68-77-64(49-27-15-5-16-28-49)72-65(78-68)50-29-17-6-18-30-50/h1-43H. The van der Waals surface area contributed by atoms with Crippen LogP contribution < -0.4 is 0 Å². The van der Waals surface area contributed by atoms with Gasteiger partial charge in [-0.1, -0.05) is 188 Å². The van der Waals surface area contributed by atoms with Crippen molar-refractivity contribution in [2.75, 3.05) is 0 Å². The molecule has 0 saturated heterocycles. The summed E-state index contributed by atoms with van der Waals surface area (Å²) >= 11 is 0. The summed E-state index contributed by atoms with van der Waals surface area (Å²) in [6.07, 6.45) is 3.62. The first kappa shape index (κ1) is 46.5. The minimum atomic E-state index is 0.515. The van der Waals surface area contributed by atoms with Crippen molar-refractivity contribution < 1.29 is 0 Å². The van der Waals surface area contributed by atoms with E-state index in [2.05, 4.69) is 64.1 Å². The Labute approximate surface area is 454 Å². The van der Waals surface area contributed by atoms with Gasteiger partial charge in [0.05, 0.1) is 16.7 Å². The maximum atomic E-state index is 5.31. The van der Waals surface area contributed by atoms with E-state index in [0.717, 1.165) is 88.7 Å². The molecule has 5 aromatic heterocycles. The van der Waals surface area contributed by atoms with Gasteiger partial charge in [0.1, 0.15) is 0 Å². The van der Waals surface area contributed by atoms with E-state index in [4.69, 9.17) is 44.9 Å². The van der Waals surface area contributed by atoms with Crippen molar-refractivity contribution in [1.82, 2.24) is 54.4 Å². The molecule has 0 aliphatic rings. The number of benzene rings is 9. The highest BCUT2D eigenvalue weighted by Gasteiger charge is 2.23. The van der Waals surface area contributed by atoms with Gasteiger partial charge in [-0.15, -0.1) is 0 Å². The predicted octanol–water partition coefficient (Wildman–Crippen LogP) is 15.4. The lowest BCUT2D eigenvalue weighted by atomic mass is 10.0.